The Morgan fingerprint density at radius 2 is 1.91 bits per heavy atom. The molecule has 1 saturated carbocycles. The number of likely N-dealkylation sites (N-methyl/N-ethyl adjacent to an activating group) is 1. The molecule has 2 heterocycles. The molecule has 1 aliphatic rings. The van der Waals surface area contributed by atoms with Gasteiger partial charge < -0.3 is 14.6 Å². The highest BCUT2D eigenvalue weighted by molar-refractivity contribution is 5.95. The smallest absolute Gasteiger partial charge is 0.259 e. The normalized spacial score (nSPS) is 14.8. The van der Waals surface area contributed by atoms with Crippen LogP contribution in [0.5, 0.6) is 0 Å². The maximum absolute atomic E-state index is 13.6. The predicted octanol–water partition coefficient (Wildman–Crippen LogP) is 4.14. The van der Waals surface area contributed by atoms with Gasteiger partial charge in [-0.2, -0.15) is 0 Å². The molecule has 3 aromatic rings. The second kappa shape index (κ2) is 10.8. The zero-order valence-electron chi connectivity index (χ0n) is 20.0. The summed E-state index contributed by atoms with van der Waals surface area (Å²) in [4.78, 5) is 32.5. The second-order valence-electron chi connectivity index (χ2n) is 9.39. The van der Waals surface area contributed by atoms with Crippen molar-refractivity contribution in [3.05, 3.63) is 99.2 Å². The van der Waals surface area contributed by atoms with E-state index in [1.165, 1.54) is 17.7 Å². The van der Waals surface area contributed by atoms with Gasteiger partial charge in [0.05, 0.1) is 12.6 Å². The van der Waals surface area contributed by atoms with Gasteiger partial charge in [0.1, 0.15) is 5.56 Å². The fraction of sp³-hybridized carbons (Fsp3) is 0.393. The summed E-state index contributed by atoms with van der Waals surface area (Å²) >= 11 is 0. The Labute approximate surface area is 200 Å². The summed E-state index contributed by atoms with van der Waals surface area (Å²) < 4.78 is 2.10. The lowest BCUT2D eigenvalue weighted by atomic mass is 9.96. The van der Waals surface area contributed by atoms with Crippen LogP contribution in [0.4, 0.5) is 0 Å². The first-order valence-corrected chi connectivity index (χ1v) is 12.0. The SMILES string of the molecule is Cc1cc(=O)c(C(=O)N(C)C[C@H](O)c2ccccc2)c(CC2CCCC2)n1Cc1cccnc1. The average Bonchev–Trinajstić information content (AvgIpc) is 3.35. The monoisotopic (exact) mass is 459 g/mol. The lowest BCUT2D eigenvalue weighted by Crippen LogP contribution is -2.37. The number of pyridine rings is 2. The van der Waals surface area contributed by atoms with E-state index in [-0.39, 0.29) is 23.4 Å². The minimum absolute atomic E-state index is 0.113. The number of nitrogens with zero attached hydrogens (tertiary/aromatic N) is 3. The van der Waals surface area contributed by atoms with Crippen LogP contribution in [0.2, 0.25) is 0 Å². The predicted molar refractivity (Wildman–Crippen MR) is 133 cm³/mol. The summed E-state index contributed by atoms with van der Waals surface area (Å²) in [5, 5.41) is 10.7. The summed E-state index contributed by atoms with van der Waals surface area (Å²) in [5.74, 6) is 0.126. The second-order valence-corrected chi connectivity index (χ2v) is 9.39. The maximum Gasteiger partial charge on any atom is 0.259 e. The summed E-state index contributed by atoms with van der Waals surface area (Å²) in [6, 6.07) is 14.7. The molecule has 1 atom stereocenters. The maximum atomic E-state index is 13.6. The molecule has 0 saturated heterocycles. The number of hydrogen-bond donors (Lipinski definition) is 1. The molecule has 1 N–H and O–H groups in total. The molecule has 34 heavy (non-hydrogen) atoms. The van der Waals surface area contributed by atoms with Crippen molar-refractivity contribution in [1.82, 2.24) is 14.5 Å². The Morgan fingerprint density at radius 3 is 2.59 bits per heavy atom. The molecule has 1 fully saturated rings. The van der Waals surface area contributed by atoms with Crippen molar-refractivity contribution in [2.24, 2.45) is 5.92 Å². The van der Waals surface area contributed by atoms with Crippen molar-refractivity contribution in [3.63, 3.8) is 0 Å². The van der Waals surface area contributed by atoms with Crippen molar-refractivity contribution in [2.75, 3.05) is 13.6 Å². The van der Waals surface area contributed by atoms with E-state index < -0.39 is 6.10 Å². The van der Waals surface area contributed by atoms with Gasteiger partial charge in [-0.1, -0.05) is 62.1 Å². The molecule has 0 spiro atoms. The molecular formula is C28H33N3O3. The summed E-state index contributed by atoms with van der Waals surface area (Å²) in [5.41, 5.74) is 3.37. The number of aliphatic hydroxyl groups is 1. The molecule has 2 aromatic heterocycles. The largest absolute Gasteiger partial charge is 0.387 e. The fourth-order valence-electron chi connectivity index (χ4n) is 4.97. The van der Waals surface area contributed by atoms with Crippen molar-refractivity contribution in [3.8, 4) is 0 Å². The number of benzene rings is 1. The number of carbonyl (C=O) groups excluding carboxylic acids is 1. The third-order valence-corrected chi connectivity index (χ3v) is 6.84. The first-order valence-electron chi connectivity index (χ1n) is 12.0. The Balaban J connectivity index is 1.70. The zero-order chi connectivity index (χ0) is 24.1. The lowest BCUT2D eigenvalue weighted by Gasteiger charge is -2.26. The number of aromatic nitrogens is 2. The highest BCUT2D eigenvalue weighted by Crippen LogP contribution is 2.29. The first-order chi connectivity index (χ1) is 16.4. The molecule has 1 aromatic carbocycles. The molecule has 178 valence electrons. The number of carbonyl (C=O) groups is 1. The van der Waals surface area contributed by atoms with Crippen LogP contribution in [0.15, 0.2) is 65.7 Å². The van der Waals surface area contributed by atoms with Gasteiger partial charge in [0.15, 0.2) is 5.43 Å². The molecule has 1 aliphatic carbocycles. The van der Waals surface area contributed by atoms with Gasteiger partial charge in [0, 0.05) is 43.4 Å². The Kier molecular flexibility index (Phi) is 7.58. The van der Waals surface area contributed by atoms with E-state index in [1.807, 2.05) is 55.6 Å². The number of hydrogen-bond acceptors (Lipinski definition) is 4. The van der Waals surface area contributed by atoms with Crippen molar-refractivity contribution in [2.45, 2.75) is 51.7 Å². The molecule has 4 rings (SSSR count). The lowest BCUT2D eigenvalue weighted by molar-refractivity contribution is 0.0677. The number of aryl methyl sites for hydroxylation is 1. The molecular weight excluding hydrogens is 426 g/mol. The van der Waals surface area contributed by atoms with E-state index in [2.05, 4.69) is 9.55 Å². The van der Waals surface area contributed by atoms with Gasteiger partial charge in [-0.25, -0.2) is 0 Å². The fourth-order valence-corrected chi connectivity index (χ4v) is 4.97. The topological polar surface area (TPSA) is 75.4 Å². The summed E-state index contributed by atoms with van der Waals surface area (Å²) in [7, 11) is 1.65. The molecule has 6 nitrogen and oxygen atoms in total. The van der Waals surface area contributed by atoms with Crippen LogP contribution in [0, 0.1) is 12.8 Å². The van der Waals surface area contributed by atoms with E-state index in [0.29, 0.717) is 18.9 Å². The third-order valence-electron chi connectivity index (χ3n) is 6.84. The van der Waals surface area contributed by atoms with Crippen LogP contribution >= 0.6 is 0 Å². The van der Waals surface area contributed by atoms with Crippen LogP contribution in [0.25, 0.3) is 0 Å². The molecule has 0 radical (unpaired) electrons. The van der Waals surface area contributed by atoms with Crippen LogP contribution in [0.1, 0.15) is 64.7 Å². The Hall–Kier alpha value is -3.25. The number of aliphatic hydroxyl groups excluding tert-OH is 1. The van der Waals surface area contributed by atoms with Crippen LogP contribution in [0.3, 0.4) is 0 Å². The Morgan fingerprint density at radius 1 is 1.18 bits per heavy atom. The molecule has 6 heteroatoms. The Bertz CT molecular complexity index is 1170. The molecule has 0 unspecified atom stereocenters. The molecule has 1 amide bonds. The third kappa shape index (κ3) is 5.45. The molecule has 0 bridgehead atoms. The highest BCUT2D eigenvalue weighted by Gasteiger charge is 2.27. The van der Waals surface area contributed by atoms with E-state index in [9.17, 15) is 14.7 Å². The standard InChI is InChI=1S/C28H33N3O3/c1-20-15-25(32)27(28(34)30(2)19-26(33)23-12-4-3-5-13-23)24(16-21-9-6-7-10-21)31(20)18-22-11-8-14-29-17-22/h3-5,8,11-15,17,21,26,33H,6-7,9-10,16,18-19H2,1-2H3/t26-/m0/s1. The average molecular weight is 460 g/mol. The minimum atomic E-state index is -0.823. The van der Waals surface area contributed by atoms with Gasteiger partial charge in [-0.15, -0.1) is 0 Å². The van der Waals surface area contributed by atoms with Crippen molar-refractivity contribution >= 4 is 5.91 Å². The highest BCUT2D eigenvalue weighted by atomic mass is 16.3. The summed E-state index contributed by atoms with van der Waals surface area (Å²) in [6.45, 7) is 2.59. The van der Waals surface area contributed by atoms with E-state index in [1.54, 1.807) is 19.3 Å². The first kappa shape index (κ1) is 23.9. The molecule has 0 aliphatic heterocycles. The van der Waals surface area contributed by atoms with Crippen LogP contribution < -0.4 is 5.43 Å². The summed E-state index contributed by atoms with van der Waals surface area (Å²) in [6.07, 6.45) is 8.05. The van der Waals surface area contributed by atoms with Gasteiger partial charge in [-0.05, 0) is 36.5 Å². The zero-order valence-corrected chi connectivity index (χ0v) is 20.0. The van der Waals surface area contributed by atoms with Gasteiger partial charge in [-0.3, -0.25) is 14.6 Å². The van der Waals surface area contributed by atoms with Crippen LogP contribution in [-0.4, -0.2) is 39.1 Å². The van der Waals surface area contributed by atoms with Crippen LogP contribution in [-0.2, 0) is 13.0 Å². The quantitative estimate of drug-likeness (QED) is 0.549. The number of amides is 1. The van der Waals surface area contributed by atoms with Crippen molar-refractivity contribution in [1.29, 1.82) is 0 Å². The van der Waals surface area contributed by atoms with Gasteiger partial charge in [0.2, 0.25) is 0 Å². The minimum Gasteiger partial charge on any atom is -0.387 e. The van der Waals surface area contributed by atoms with Gasteiger partial charge in [0.25, 0.3) is 5.91 Å². The number of rotatable bonds is 8. The van der Waals surface area contributed by atoms with E-state index in [0.717, 1.165) is 35.4 Å². The van der Waals surface area contributed by atoms with E-state index in [4.69, 9.17) is 0 Å². The van der Waals surface area contributed by atoms with Gasteiger partial charge >= 0.3 is 0 Å². The van der Waals surface area contributed by atoms with E-state index >= 15 is 0 Å². The van der Waals surface area contributed by atoms with Crippen molar-refractivity contribution < 1.29 is 9.90 Å².